The lowest BCUT2D eigenvalue weighted by atomic mass is 9.86. The third kappa shape index (κ3) is 4.49. The Labute approximate surface area is 165 Å². The van der Waals surface area contributed by atoms with Crippen molar-refractivity contribution in [3.05, 3.63) is 78.1 Å². The maximum absolute atomic E-state index is 12.8. The van der Waals surface area contributed by atoms with Crippen LogP contribution >= 0.6 is 0 Å². The topological polar surface area (TPSA) is 63.2 Å². The van der Waals surface area contributed by atoms with Gasteiger partial charge in [-0.15, -0.1) is 0 Å². The smallest absolute Gasteiger partial charge is 0.257 e. The molecule has 2 N–H and O–H groups in total. The molecule has 5 heteroatoms. The van der Waals surface area contributed by atoms with Gasteiger partial charge in [-0.1, -0.05) is 51.1 Å². The van der Waals surface area contributed by atoms with Gasteiger partial charge in [0.25, 0.3) is 5.91 Å². The summed E-state index contributed by atoms with van der Waals surface area (Å²) >= 11 is 0. The quantitative estimate of drug-likeness (QED) is 0.628. The average Bonchev–Trinajstić information content (AvgIpc) is 2.68. The number of benzene rings is 2. The number of aromatic nitrogens is 1. The first-order chi connectivity index (χ1) is 13.4. The lowest BCUT2D eigenvalue weighted by Gasteiger charge is -2.23. The molecule has 1 heterocycles. The van der Waals surface area contributed by atoms with Gasteiger partial charge in [0.1, 0.15) is 5.75 Å². The highest BCUT2D eigenvalue weighted by atomic mass is 16.5. The molecule has 3 aromatic rings. The Kier molecular flexibility index (Phi) is 5.64. The standard InChI is InChI=1S/C23H25N3O2/c1-23(2,3)18-9-5-6-10-19(18)26-22(27)16-13-17(15-24-14-16)25-20-11-7-8-12-21(20)28-4/h5-15,25H,1-4H3,(H,26,27). The SMILES string of the molecule is COc1ccccc1Nc1cncc(C(=O)Nc2ccccc2C(C)(C)C)c1. The molecule has 1 aromatic heterocycles. The lowest BCUT2D eigenvalue weighted by Crippen LogP contribution is -2.18. The second-order valence-electron chi connectivity index (χ2n) is 7.54. The highest BCUT2D eigenvalue weighted by Gasteiger charge is 2.19. The van der Waals surface area contributed by atoms with Crippen molar-refractivity contribution in [1.29, 1.82) is 0 Å². The van der Waals surface area contributed by atoms with E-state index >= 15 is 0 Å². The van der Waals surface area contributed by atoms with Gasteiger partial charge in [0.05, 0.1) is 30.2 Å². The summed E-state index contributed by atoms with van der Waals surface area (Å²) in [5, 5.41) is 6.27. The van der Waals surface area contributed by atoms with E-state index in [2.05, 4.69) is 36.4 Å². The average molecular weight is 375 g/mol. The van der Waals surface area contributed by atoms with E-state index in [-0.39, 0.29) is 11.3 Å². The number of rotatable bonds is 5. The van der Waals surface area contributed by atoms with Crippen molar-refractivity contribution in [3.8, 4) is 5.75 Å². The van der Waals surface area contributed by atoms with Crippen LogP contribution in [0.1, 0.15) is 36.7 Å². The van der Waals surface area contributed by atoms with Gasteiger partial charge < -0.3 is 15.4 Å². The number of carbonyl (C=O) groups excluding carboxylic acids is 1. The molecule has 5 nitrogen and oxygen atoms in total. The molecule has 0 saturated heterocycles. The monoisotopic (exact) mass is 375 g/mol. The number of hydrogen-bond donors (Lipinski definition) is 2. The van der Waals surface area contributed by atoms with Crippen molar-refractivity contribution < 1.29 is 9.53 Å². The molecule has 0 fully saturated rings. The zero-order valence-electron chi connectivity index (χ0n) is 16.6. The molecule has 1 amide bonds. The Morgan fingerprint density at radius 3 is 2.36 bits per heavy atom. The van der Waals surface area contributed by atoms with Crippen LogP contribution in [-0.2, 0) is 5.41 Å². The van der Waals surface area contributed by atoms with E-state index in [1.807, 2.05) is 48.5 Å². The van der Waals surface area contributed by atoms with Gasteiger partial charge in [-0.25, -0.2) is 0 Å². The minimum absolute atomic E-state index is 0.0740. The van der Waals surface area contributed by atoms with Gasteiger partial charge >= 0.3 is 0 Å². The maximum Gasteiger partial charge on any atom is 0.257 e. The predicted octanol–water partition coefficient (Wildman–Crippen LogP) is 5.38. The molecule has 28 heavy (non-hydrogen) atoms. The summed E-state index contributed by atoms with van der Waals surface area (Å²) in [6, 6.07) is 17.2. The molecule has 0 radical (unpaired) electrons. The Bertz CT molecular complexity index is 977. The molecular weight excluding hydrogens is 350 g/mol. The maximum atomic E-state index is 12.8. The number of anilines is 3. The van der Waals surface area contributed by atoms with Crippen LogP contribution in [0, 0.1) is 0 Å². The third-order valence-electron chi connectivity index (χ3n) is 4.37. The van der Waals surface area contributed by atoms with Crippen molar-refractivity contribution in [1.82, 2.24) is 4.98 Å². The van der Waals surface area contributed by atoms with Crippen molar-refractivity contribution in [3.63, 3.8) is 0 Å². The molecule has 0 atom stereocenters. The first-order valence-electron chi connectivity index (χ1n) is 9.14. The Morgan fingerprint density at radius 2 is 1.64 bits per heavy atom. The zero-order valence-corrected chi connectivity index (χ0v) is 16.6. The summed E-state index contributed by atoms with van der Waals surface area (Å²) in [4.78, 5) is 17.0. The molecule has 0 bridgehead atoms. The fourth-order valence-electron chi connectivity index (χ4n) is 2.98. The second kappa shape index (κ2) is 8.13. The molecular formula is C23H25N3O2. The molecule has 3 rings (SSSR count). The Morgan fingerprint density at radius 1 is 0.964 bits per heavy atom. The second-order valence-corrected chi connectivity index (χ2v) is 7.54. The highest BCUT2D eigenvalue weighted by molar-refractivity contribution is 6.05. The number of methoxy groups -OCH3 is 1. The normalized spacial score (nSPS) is 11.0. The highest BCUT2D eigenvalue weighted by Crippen LogP contribution is 2.30. The third-order valence-corrected chi connectivity index (χ3v) is 4.37. The molecule has 0 spiro atoms. The number of para-hydroxylation sites is 3. The fourth-order valence-corrected chi connectivity index (χ4v) is 2.98. The number of nitrogens with one attached hydrogen (secondary N) is 2. The molecule has 2 aromatic carbocycles. The van der Waals surface area contributed by atoms with Gasteiger partial charge in [0.15, 0.2) is 0 Å². The van der Waals surface area contributed by atoms with E-state index in [0.29, 0.717) is 11.3 Å². The van der Waals surface area contributed by atoms with Gasteiger partial charge in [0, 0.05) is 11.9 Å². The molecule has 0 aliphatic rings. The Balaban J connectivity index is 1.82. The van der Waals surface area contributed by atoms with E-state index in [1.165, 1.54) is 0 Å². The van der Waals surface area contributed by atoms with Crippen molar-refractivity contribution >= 4 is 23.0 Å². The molecule has 144 valence electrons. The minimum atomic E-state index is -0.201. The number of pyridine rings is 1. The van der Waals surface area contributed by atoms with Crippen LogP contribution < -0.4 is 15.4 Å². The molecule has 0 saturated carbocycles. The summed E-state index contributed by atoms with van der Waals surface area (Å²) in [5.74, 6) is 0.518. The molecule has 0 aliphatic carbocycles. The van der Waals surface area contributed by atoms with Gasteiger partial charge in [-0.3, -0.25) is 9.78 Å². The van der Waals surface area contributed by atoms with Crippen LogP contribution in [0.3, 0.4) is 0 Å². The van der Waals surface area contributed by atoms with Gasteiger partial charge in [0.2, 0.25) is 0 Å². The van der Waals surface area contributed by atoms with Crippen molar-refractivity contribution in [2.24, 2.45) is 0 Å². The van der Waals surface area contributed by atoms with E-state index in [4.69, 9.17) is 4.74 Å². The summed E-state index contributed by atoms with van der Waals surface area (Å²) in [5.41, 5.74) is 3.81. The van der Waals surface area contributed by atoms with Crippen LogP contribution in [0.25, 0.3) is 0 Å². The van der Waals surface area contributed by atoms with E-state index in [0.717, 1.165) is 22.7 Å². The van der Waals surface area contributed by atoms with E-state index < -0.39 is 0 Å². The largest absolute Gasteiger partial charge is 0.495 e. The fraction of sp³-hybridized carbons (Fsp3) is 0.217. The van der Waals surface area contributed by atoms with E-state index in [1.54, 1.807) is 25.6 Å². The first kappa shape index (κ1) is 19.4. The van der Waals surface area contributed by atoms with Gasteiger partial charge in [-0.05, 0) is 35.2 Å². The zero-order chi connectivity index (χ0) is 20.1. The van der Waals surface area contributed by atoms with Crippen LogP contribution in [0.15, 0.2) is 67.0 Å². The number of amides is 1. The van der Waals surface area contributed by atoms with Crippen LogP contribution in [0.4, 0.5) is 17.1 Å². The lowest BCUT2D eigenvalue weighted by molar-refractivity contribution is 0.102. The molecule has 0 unspecified atom stereocenters. The number of hydrogen-bond acceptors (Lipinski definition) is 4. The van der Waals surface area contributed by atoms with E-state index in [9.17, 15) is 4.79 Å². The number of carbonyl (C=O) groups is 1. The first-order valence-corrected chi connectivity index (χ1v) is 9.14. The van der Waals surface area contributed by atoms with Crippen LogP contribution in [0.5, 0.6) is 5.75 Å². The minimum Gasteiger partial charge on any atom is -0.495 e. The van der Waals surface area contributed by atoms with Crippen molar-refractivity contribution in [2.75, 3.05) is 17.7 Å². The summed E-state index contributed by atoms with van der Waals surface area (Å²) in [6.45, 7) is 6.37. The summed E-state index contributed by atoms with van der Waals surface area (Å²) in [6.07, 6.45) is 3.23. The number of ether oxygens (including phenoxy) is 1. The van der Waals surface area contributed by atoms with Crippen LogP contribution in [0.2, 0.25) is 0 Å². The van der Waals surface area contributed by atoms with Gasteiger partial charge in [-0.2, -0.15) is 0 Å². The summed E-state index contributed by atoms with van der Waals surface area (Å²) < 4.78 is 5.36. The van der Waals surface area contributed by atoms with Crippen molar-refractivity contribution in [2.45, 2.75) is 26.2 Å². The Hall–Kier alpha value is -3.34. The molecule has 0 aliphatic heterocycles. The van der Waals surface area contributed by atoms with Crippen LogP contribution in [-0.4, -0.2) is 18.0 Å². The number of nitrogens with zero attached hydrogens (tertiary/aromatic N) is 1. The summed E-state index contributed by atoms with van der Waals surface area (Å²) in [7, 11) is 1.62. The predicted molar refractivity (Wildman–Crippen MR) is 114 cm³/mol.